The highest BCUT2D eigenvalue weighted by molar-refractivity contribution is 6.02. The molecule has 3 aromatic carbocycles. The predicted molar refractivity (Wildman–Crippen MR) is 120 cm³/mol. The van der Waals surface area contributed by atoms with Gasteiger partial charge in [0.15, 0.2) is 0 Å². The zero-order valence-electron chi connectivity index (χ0n) is 18.2. The van der Waals surface area contributed by atoms with E-state index >= 15 is 0 Å². The number of carbonyl (C=O) groups is 2. The van der Waals surface area contributed by atoms with Gasteiger partial charge in [0.25, 0.3) is 5.91 Å². The van der Waals surface area contributed by atoms with Gasteiger partial charge in [0, 0.05) is 48.7 Å². The minimum atomic E-state index is -0.535. The monoisotopic (exact) mass is 431 g/mol. The maximum atomic E-state index is 13.4. The lowest BCUT2D eigenvalue weighted by Crippen LogP contribution is -2.51. The highest BCUT2D eigenvalue weighted by Crippen LogP contribution is 2.38. The molecule has 6 heteroatoms. The number of amides is 1. The van der Waals surface area contributed by atoms with Crippen molar-refractivity contribution in [2.24, 2.45) is 0 Å². The van der Waals surface area contributed by atoms with Crippen LogP contribution in [0, 0.1) is 0 Å². The van der Waals surface area contributed by atoms with E-state index < -0.39 is 5.60 Å². The number of nitrogens with zero attached hydrogens (tertiary/aromatic N) is 1. The second kappa shape index (κ2) is 7.86. The van der Waals surface area contributed by atoms with Crippen LogP contribution in [0.25, 0.3) is 10.8 Å². The number of methoxy groups -OCH3 is 2. The summed E-state index contributed by atoms with van der Waals surface area (Å²) in [6.45, 7) is 1.06. The van der Waals surface area contributed by atoms with Crippen molar-refractivity contribution >= 4 is 22.6 Å². The Bertz CT molecular complexity index is 1210. The number of rotatable bonds is 3. The lowest BCUT2D eigenvalue weighted by molar-refractivity contribution is -0.0526. The summed E-state index contributed by atoms with van der Waals surface area (Å²) in [5, 5.41) is 1.73. The number of hydrogen-bond acceptors (Lipinski definition) is 5. The van der Waals surface area contributed by atoms with E-state index in [1.807, 2.05) is 53.4 Å². The molecule has 2 aliphatic heterocycles. The third-order valence-electron chi connectivity index (χ3n) is 6.63. The van der Waals surface area contributed by atoms with Crippen molar-refractivity contribution in [3.8, 4) is 11.5 Å². The van der Waals surface area contributed by atoms with Gasteiger partial charge in [0.05, 0.1) is 19.8 Å². The number of benzene rings is 3. The first-order valence-electron chi connectivity index (χ1n) is 10.8. The fourth-order valence-corrected chi connectivity index (χ4v) is 4.88. The second-order valence-electron chi connectivity index (χ2n) is 8.43. The van der Waals surface area contributed by atoms with Crippen LogP contribution in [0.5, 0.6) is 11.5 Å². The van der Waals surface area contributed by atoms with Crippen molar-refractivity contribution in [2.45, 2.75) is 24.9 Å². The molecular formula is C26H25NO5. The second-order valence-corrected chi connectivity index (χ2v) is 8.43. The van der Waals surface area contributed by atoms with Crippen molar-refractivity contribution in [1.29, 1.82) is 0 Å². The van der Waals surface area contributed by atoms with Crippen LogP contribution in [-0.4, -0.2) is 49.7 Å². The van der Waals surface area contributed by atoms with E-state index in [1.54, 1.807) is 20.3 Å². The minimum Gasteiger partial charge on any atom is -0.496 e. The van der Waals surface area contributed by atoms with Gasteiger partial charge in [0.2, 0.25) is 0 Å². The van der Waals surface area contributed by atoms with Crippen LogP contribution in [0.1, 0.15) is 39.1 Å². The number of fused-ring (bicyclic) bond motifs is 2. The third-order valence-corrected chi connectivity index (χ3v) is 6.63. The molecule has 32 heavy (non-hydrogen) atoms. The smallest absolute Gasteiger partial charge is 0.338 e. The topological polar surface area (TPSA) is 65.1 Å². The average Bonchev–Trinajstić information content (AvgIpc) is 2.83. The Balaban J connectivity index is 1.38. The van der Waals surface area contributed by atoms with E-state index in [-0.39, 0.29) is 11.9 Å². The fraction of sp³-hybridized carbons (Fsp3) is 0.308. The van der Waals surface area contributed by atoms with E-state index in [1.165, 1.54) is 0 Å². The first kappa shape index (κ1) is 20.4. The maximum Gasteiger partial charge on any atom is 0.338 e. The first-order valence-corrected chi connectivity index (χ1v) is 10.8. The molecule has 6 nitrogen and oxygen atoms in total. The Morgan fingerprint density at radius 3 is 2.44 bits per heavy atom. The third kappa shape index (κ3) is 3.36. The number of ether oxygens (including phenoxy) is 3. The Morgan fingerprint density at radius 2 is 1.69 bits per heavy atom. The molecule has 1 spiro atoms. The lowest BCUT2D eigenvalue weighted by Gasteiger charge is -2.43. The summed E-state index contributed by atoms with van der Waals surface area (Å²) in [5.41, 5.74) is 1.69. The van der Waals surface area contributed by atoms with Crippen LogP contribution in [0.15, 0.2) is 54.6 Å². The van der Waals surface area contributed by atoms with Crippen LogP contribution in [0.3, 0.4) is 0 Å². The Hall–Kier alpha value is -3.54. The Morgan fingerprint density at radius 1 is 0.938 bits per heavy atom. The van der Waals surface area contributed by atoms with Gasteiger partial charge < -0.3 is 19.1 Å². The SMILES string of the molecule is COc1cc(C(=O)N2CCC3(CC2)Cc2ccccc2C(=O)O3)cc2c(OC)cccc12. The molecule has 3 aromatic rings. The summed E-state index contributed by atoms with van der Waals surface area (Å²) in [7, 11) is 3.21. The summed E-state index contributed by atoms with van der Waals surface area (Å²) in [5.74, 6) is 1.00. The van der Waals surface area contributed by atoms with Crippen LogP contribution in [-0.2, 0) is 11.2 Å². The molecule has 5 rings (SSSR count). The van der Waals surface area contributed by atoms with Crippen molar-refractivity contribution in [3.05, 3.63) is 71.3 Å². The summed E-state index contributed by atoms with van der Waals surface area (Å²) in [6, 6.07) is 17.0. The van der Waals surface area contributed by atoms with Crippen LogP contribution in [0.4, 0.5) is 0 Å². The van der Waals surface area contributed by atoms with Crippen molar-refractivity contribution in [1.82, 2.24) is 4.90 Å². The van der Waals surface area contributed by atoms with Gasteiger partial charge in [-0.3, -0.25) is 4.79 Å². The molecule has 164 valence electrons. The highest BCUT2D eigenvalue weighted by Gasteiger charge is 2.43. The minimum absolute atomic E-state index is 0.0616. The van der Waals surface area contributed by atoms with E-state index in [4.69, 9.17) is 14.2 Å². The first-order chi connectivity index (χ1) is 15.5. The number of piperidine rings is 1. The Labute approximate surface area is 186 Å². The van der Waals surface area contributed by atoms with Crippen molar-refractivity contribution in [3.63, 3.8) is 0 Å². The molecule has 1 amide bonds. The maximum absolute atomic E-state index is 13.4. The van der Waals surface area contributed by atoms with Crippen LogP contribution in [0.2, 0.25) is 0 Å². The van der Waals surface area contributed by atoms with Gasteiger partial charge >= 0.3 is 5.97 Å². The zero-order valence-corrected chi connectivity index (χ0v) is 18.2. The largest absolute Gasteiger partial charge is 0.496 e. The van der Waals surface area contributed by atoms with Crippen molar-refractivity contribution < 1.29 is 23.8 Å². The van der Waals surface area contributed by atoms with Gasteiger partial charge in [-0.05, 0) is 29.8 Å². The van der Waals surface area contributed by atoms with E-state index in [9.17, 15) is 9.59 Å². The normalized spacial score (nSPS) is 17.1. The molecule has 0 N–H and O–H groups in total. The molecule has 0 atom stereocenters. The van der Waals surface area contributed by atoms with Gasteiger partial charge in [-0.15, -0.1) is 0 Å². The Kier molecular flexibility index (Phi) is 5.00. The molecule has 0 aromatic heterocycles. The highest BCUT2D eigenvalue weighted by atomic mass is 16.6. The number of carbonyl (C=O) groups excluding carboxylic acids is 2. The average molecular weight is 431 g/mol. The standard InChI is InChI=1S/C26H25NO5/c1-30-22-9-5-8-20-21(22)14-18(15-23(20)31-2)24(28)27-12-10-26(11-13-27)16-17-6-3-4-7-19(17)25(29)32-26/h3-9,14-15H,10-13,16H2,1-2H3. The van der Waals surface area contributed by atoms with Crippen molar-refractivity contribution in [2.75, 3.05) is 27.3 Å². The van der Waals surface area contributed by atoms with E-state index in [0.29, 0.717) is 55.0 Å². The molecule has 0 radical (unpaired) electrons. The summed E-state index contributed by atoms with van der Waals surface area (Å²) in [4.78, 5) is 27.7. The molecule has 1 saturated heterocycles. The van der Waals surface area contributed by atoms with Crippen LogP contribution < -0.4 is 9.47 Å². The van der Waals surface area contributed by atoms with Gasteiger partial charge in [-0.25, -0.2) is 4.79 Å². The van der Waals surface area contributed by atoms with Crippen LogP contribution >= 0.6 is 0 Å². The molecular weight excluding hydrogens is 406 g/mol. The summed E-state index contributed by atoms with van der Waals surface area (Å²) >= 11 is 0. The van der Waals surface area contributed by atoms with Gasteiger partial charge in [-0.1, -0.05) is 30.3 Å². The van der Waals surface area contributed by atoms with Gasteiger partial charge in [0.1, 0.15) is 17.1 Å². The number of likely N-dealkylation sites (tertiary alicyclic amines) is 1. The summed E-state index contributed by atoms with van der Waals surface area (Å²) < 4.78 is 16.9. The molecule has 1 fully saturated rings. The molecule has 0 saturated carbocycles. The number of esters is 1. The fourth-order valence-electron chi connectivity index (χ4n) is 4.88. The zero-order chi connectivity index (χ0) is 22.3. The molecule has 0 unspecified atom stereocenters. The predicted octanol–water partition coefficient (Wildman–Crippen LogP) is 4.24. The number of hydrogen-bond donors (Lipinski definition) is 0. The molecule has 2 heterocycles. The van der Waals surface area contributed by atoms with E-state index in [0.717, 1.165) is 16.3 Å². The molecule has 2 aliphatic rings. The molecule has 0 aliphatic carbocycles. The lowest BCUT2D eigenvalue weighted by atomic mass is 9.81. The summed E-state index contributed by atoms with van der Waals surface area (Å²) in [6.07, 6.45) is 1.93. The van der Waals surface area contributed by atoms with Gasteiger partial charge in [-0.2, -0.15) is 0 Å². The van der Waals surface area contributed by atoms with E-state index in [2.05, 4.69) is 0 Å². The quantitative estimate of drug-likeness (QED) is 0.581. The molecule has 0 bridgehead atoms.